The molecule has 3 aliphatic rings. The van der Waals surface area contributed by atoms with Crippen molar-refractivity contribution >= 4 is 0 Å². The molecule has 0 spiro atoms. The van der Waals surface area contributed by atoms with Crippen LogP contribution in [-0.2, 0) is 9.47 Å². The highest BCUT2D eigenvalue weighted by Crippen LogP contribution is 2.44. The maximum atomic E-state index is 5.93. The van der Waals surface area contributed by atoms with Gasteiger partial charge in [-0.1, -0.05) is 41.5 Å². The predicted molar refractivity (Wildman–Crippen MR) is 74.0 cm³/mol. The van der Waals surface area contributed by atoms with Crippen LogP contribution >= 0.6 is 0 Å². The summed E-state index contributed by atoms with van der Waals surface area (Å²) >= 11 is 0. The Hall–Kier alpha value is -1.06. The fourth-order valence-electron chi connectivity index (χ4n) is 3.24. The number of hydrogen-bond acceptors (Lipinski definition) is 4. The van der Waals surface area contributed by atoms with Crippen LogP contribution in [0.4, 0.5) is 0 Å². The topological polar surface area (TPSA) is 24.9 Å². The Bertz CT molecular complexity index is 379. The van der Waals surface area contributed by atoms with Crippen LogP contribution in [0.2, 0.25) is 0 Å². The van der Waals surface area contributed by atoms with Gasteiger partial charge in [-0.2, -0.15) is 0 Å². The summed E-state index contributed by atoms with van der Waals surface area (Å²) in [5.41, 5.74) is 0.443. The molecule has 3 aliphatic heterocycles. The van der Waals surface area contributed by atoms with Gasteiger partial charge in [0.05, 0.1) is 18.8 Å². The van der Waals surface area contributed by atoms with Gasteiger partial charge in [-0.3, -0.25) is 0 Å². The van der Waals surface area contributed by atoms with E-state index in [-0.39, 0.29) is 10.8 Å². The lowest BCUT2D eigenvalue weighted by Gasteiger charge is -2.36. The van der Waals surface area contributed by atoms with Crippen molar-refractivity contribution in [2.75, 3.05) is 19.9 Å². The van der Waals surface area contributed by atoms with E-state index in [1.165, 1.54) is 0 Å². The molecule has 0 aromatic heterocycles. The second kappa shape index (κ2) is 3.74. The van der Waals surface area contributed by atoms with Crippen LogP contribution in [0.25, 0.3) is 0 Å². The van der Waals surface area contributed by atoms with E-state index in [4.69, 9.17) is 9.47 Å². The van der Waals surface area contributed by atoms with Gasteiger partial charge in [-0.25, -0.2) is 0 Å². The lowest BCUT2D eigenvalue weighted by atomic mass is 9.86. The molecule has 0 N–H and O–H groups in total. The summed E-state index contributed by atoms with van der Waals surface area (Å²) in [6.45, 7) is 16.1. The third-order valence-electron chi connectivity index (χ3n) is 4.52. The Labute approximate surface area is 116 Å². The molecule has 0 amide bonds. The number of ether oxygens (including phenoxy) is 2. The van der Waals surface area contributed by atoms with Crippen LogP contribution in [0, 0.1) is 10.8 Å². The minimum atomic E-state index is 0.222. The molecular weight excluding hydrogens is 240 g/mol. The third-order valence-corrected chi connectivity index (χ3v) is 4.52. The highest BCUT2D eigenvalue weighted by Gasteiger charge is 2.51. The van der Waals surface area contributed by atoms with Crippen LogP contribution in [0.15, 0.2) is 11.8 Å². The number of rotatable bonds is 0. The minimum Gasteiger partial charge on any atom is -0.473 e. The third kappa shape index (κ3) is 1.87. The van der Waals surface area contributed by atoms with Crippen molar-refractivity contribution in [2.45, 2.75) is 53.6 Å². The van der Waals surface area contributed by atoms with Gasteiger partial charge in [-0.15, -0.1) is 0 Å². The number of nitrogens with zero attached hydrogens (tertiary/aromatic N) is 2. The summed E-state index contributed by atoms with van der Waals surface area (Å²) in [4.78, 5) is 4.76. The van der Waals surface area contributed by atoms with Crippen LogP contribution < -0.4 is 0 Å². The molecule has 0 bridgehead atoms. The van der Waals surface area contributed by atoms with Gasteiger partial charge < -0.3 is 19.3 Å². The van der Waals surface area contributed by atoms with E-state index in [0.29, 0.717) is 12.1 Å². The van der Waals surface area contributed by atoms with Crippen LogP contribution in [0.1, 0.15) is 41.5 Å². The molecule has 108 valence electrons. The molecule has 3 heterocycles. The molecule has 2 atom stereocenters. The highest BCUT2D eigenvalue weighted by molar-refractivity contribution is 5.18. The van der Waals surface area contributed by atoms with Gasteiger partial charge in [0.1, 0.15) is 13.2 Å². The molecule has 0 aromatic rings. The molecule has 0 aromatic carbocycles. The van der Waals surface area contributed by atoms with E-state index in [9.17, 15) is 0 Å². The summed E-state index contributed by atoms with van der Waals surface area (Å²) < 4.78 is 11.9. The first-order valence-electron chi connectivity index (χ1n) is 7.23. The first-order chi connectivity index (χ1) is 8.69. The number of fused-ring (bicyclic) bond motifs is 2. The van der Waals surface area contributed by atoms with Gasteiger partial charge in [0.25, 0.3) is 11.8 Å². The molecule has 0 radical (unpaired) electrons. The predicted octanol–water partition coefficient (Wildman–Crippen LogP) is 2.58. The second-order valence-corrected chi connectivity index (χ2v) is 8.08. The summed E-state index contributed by atoms with van der Waals surface area (Å²) in [5.74, 6) is 1.93. The van der Waals surface area contributed by atoms with Crippen molar-refractivity contribution in [2.24, 2.45) is 10.8 Å². The van der Waals surface area contributed by atoms with E-state index < -0.39 is 0 Å². The average molecular weight is 266 g/mol. The van der Waals surface area contributed by atoms with Gasteiger partial charge in [0.2, 0.25) is 0 Å². The maximum Gasteiger partial charge on any atom is 0.253 e. The van der Waals surface area contributed by atoms with Gasteiger partial charge in [0.15, 0.2) is 0 Å². The Balaban J connectivity index is 1.87. The molecular formula is C15H26N2O2. The maximum absolute atomic E-state index is 5.93. The van der Waals surface area contributed by atoms with E-state index in [2.05, 4.69) is 51.3 Å². The fourth-order valence-corrected chi connectivity index (χ4v) is 3.24. The Morgan fingerprint density at radius 1 is 0.789 bits per heavy atom. The zero-order valence-electron chi connectivity index (χ0n) is 13.0. The van der Waals surface area contributed by atoms with Crippen LogP contribution in [0.5, 0.6) is 0 Å². The lowest BCUT2D eigenvalue weighted by Crippen LogP contribution is -2.46. The molecule has 2 fully saturated rings. The van der Waals surface area contributed by atoms with Crippen molar-refractivity contribution in [3.8, 4) is 0 Å². The van der Waals surface area contributed by atoms with Crippen molar-refractivity contribution in [1.82, 2.24) is 9.80 Å². The summed E-state index contributed by atoms with van der Waals surface area (Å²) in [5, 5.41) is 0. The zero-order chi connectivity index (χ0) is 14.0. The van der Waals surface area contributed by atoms with Gasteiger partial charge in [-0.05, 0) is 10.8 Å². The van der Waals surface area contributed by atoms with Gasteiger partial charge >= 0.3 is 0 Å². The molecule has 0 aliphatic carbocycles. The monoisotopic (exact) mass is 266 g/mol. The summed E-state index contributed by atoms with van der Waals surface area (Å²) in [7, 11) is 0. The number of hydrogen-bond donors (Lipinski definition) is 0. The summed E-state index contributed by atoms with van der Waals surface area (Å²) in [6, 6.07) is 0.870. The standard InChI is InChI=1S/C15H26N2O2/c1-14(2,3)10-7-18-12-13-17(9-16(10)12)11(8-19-13)15(4,5)6/h10-11H,7-9H2,1-6H3/t10-,11-/m1/s1. The van der Waals surface area contributed by atoms with E-state index in [1.54, 1.807) is 0 Å². The SMILES string of the molecule is CC(C)(C)[C@H]1COC2=C3OC[C@H](C(C)(C)C)N3CN21. The smallest absolute Gasteiger partial charge is 0.253 e. The van der Waals surface area contributed by atoms with Gasteiger partial charge in [0, 0.05) is 0 Å². The quantitative estimate of drug-likeness (QED) is 0.673. The normalized spacial score (nSPS) is 30.4. The van der Waals surface area contributed by atoms with E-state index in [1.807, 2.05) is 0 Å². The first-order valence-corrected chi connectivity index (χ1v) is 7.23. The Kier molecular flexibility index (Phi) is 2.55. The fraction of sp³-hybridized carbons (Fsp3) is 0.867. The molecule has 19 heavy (non-hydrogen) atoms. The molecule has 0 unspecified atom stereocenters. The van der Waals surface area contributed by atoms with E-state index >= 15 is 0 Å². The van der Waals surface area contributed by atoms with Crippen molar-refractivity contribution < 1.29 is 9.47 Å². The Morgan fingerprint density at radius 2 is 1.16 bits per heavy atom. The van der Waals surface area contributed by atoms with Crippen molar-refractivity contribution in [3.63, 3.8) is 0 Å². The Morgan fingerprint density at radius 3 is 1.47 bits per heavy atom. The molecule has 4 nitrogen and oxygen atoms in total. The average Bonchev–Trinajstić information content (AvgIpc) is 2.80. The molecule has 4 heteroatoms. The summed E-state index contributed by atoms with van der Waals surface area (Å²) in [6.07, 6.45) is 0. The second-order valence-electron chi connectivity index (χ2n) is 8.08. The van der Waals surface area contributed by atoms with E-state index in [0.717, 1.165) is 31.6 Å². The van der Waals surface area contributed by atoms with Crippen LogP contribution in [0.3, 0.4) is 0 Å². The zero-order valence-corrected chi connectivity index (χ0v) is 13.0. The highest BCUT2D eigenvalue weighted by atomic mass is 16.6. The lowest BCUT2D eigenvalue weighted by molar-refractivity contribution is 0.0963. The minimum absolute atomic E-state index is 0.222. The first kappa shape index (κ1) is 12.9. The van der Waals surface area contributed by atoms with Crippen molar-refractivity contribution in [1.29, 1.82) is 0 Å². The molecule has 2 saturated heterocycles. The molecule has 3 rings (SSSR count). The van der Waals surface area contributed by atoms with Crippen molar-refractivity contribution in [3.05, 3.63) is 11.8 Å². The molecule has 0 saturated carbocycles. The van der Waals surface area contributed by atoms with Crippen LogP contribution in [-0.4, -0.2) is 41.8 Å². The largest absolute Gasteiger partial charge is 0.473 e.